The zero-order valence-corrected chi connectivity index (χ0v) is 18.2. The molecule has 30 heavy (non-hydrogen) atoms. The topological polar surface area (TPSA) is 117 Å². The fourth-order valence-electron chi connectivity index (χ4n) is 2.75. The maximum Gasteiger partial charge on any atom is 0.413 e. The Hall–Kier alpha value is -2.81. The molecule has 0 aromatic heterocycles. The molecule has 2 N–H and O–H groups in total. The number of nitrogens with zero attached hydrogens (tertiary/aromatic N) is 1. The van der Waals surface area contributed by atoms with Crippen LogP contribution in [0.4, 0.5) is 4.79 Å². The molecule has 1 aromatic carbocycles. The van der Waals surface area contributed by atoms with Crippen LogP contribution < -0.4 is 15.2 Å². The van der Waals surface area contributed by atoms with E-state index in [1.165, 1.54) is 14.0 Å². The molecule has 0 saturated carbocycles. The summed E-state index contributed by atoms with van der Waals surface area (Å²) < 4.78 is 20.8. The van der Waals surface area contributed by atoms with Gasteiger partial charge in [-0.2, -0.15) is 0 Å². The number of ether oxygens (including phenoxy) is 4. The van der Waals surface area contributed by atoms with Gasteiger partial charge in [-0.25, -0.2) is 4.79 Å². The summed E-state index contributed by atoms with van der Waals surface area (Å²) >= 11 is 0. The average molecular weight is 422 g/mol. The van der Waals surface area contributed by atoms with Crippen LogP contribution in [-0.2, 0) is 14.3 Å². The van der Waals surface area contributed by atoms with Crippen LogP contribution in [0.1, 0.15) is 45.0 Å². The zero-order chi connectivity index (χ0) is 22.6. The van der Waals surface area contributed by atoms with Gasteiger partial charge in [0.2, 0.25) is 13.1 Å². The second-order valence-electron chi connectivity index (χ2n) is 7.74. The Labute approximate surface area is 176 Å². The quantitative estimate of drug-likeness (QED) is 0.386. The zero-order valence-electron chi connectivity index (χ0n) is 18.2. The lowest BCUT2D eigenvalue weighted by molar-refractivity contribution is -0.169. The van der Waals surface area contributed by atoms with Crippen molar-refractivity contribution in [1.82, 2.24) is 4.90 Å². The van der Waals surface area contributed by atoms with Crippen LogP contribution in [0.3, 0.4) is 0 Å². The number of hydrogen-bond acceptors (Lipinski definition) is 8. The number of carbonyl (C=O) groups is 3. The predicted molar refractivity (Wildman–Crippen MR) is 108 cm³/mol. The van der Waals surface area contributed by atoms with E-state index in [4.69, 9.17) is 24.7 Å². The van der Waals surface area contributed by atoms with E-state index in [2.05, 4.69) is 0 Å². The second kappa shape index (κ2) is 9.80. The van der Waals surface area contributed by atoms with Crippen molar-refractivity contribution >= 4 is 17.8 Å². The van der Waals surface area contributed by atoms with Crippen molar-refractivity contribution in [2.45, 2.75) is 53.0 Å². The molecule has 166 valence electrons. The molecule has 0 spiro atoms. The molecule has 2 rings (SSSR count). The highest BCUT2D eigenvalue weighted by Crippen LogP contribution is 2.33. The Morgan fingerprint density at radius 2 is 1.67 bits per heavy atom. The number of esters is 1. The fourth-order valence-corrected chi connectivity index (χ4v) is 2.75. The van der Waals surface area contributed by atoms with Crippen LogP contribution in [0.2, 0.25) is 0 Å². The van der Waals surface area contributed by atoms with Crippen molar-refractivity contribution in [2.24, 2.45) is 17.6 Å². The molecule has 4 unspecified atom stereocenters. The third-order valence-corrected chi connectivity index (χ3v) is 5.34. The van der Waals surface area contributed by atoms with Gasteiger partial charge in [0.05, 0.1) is 6.04 Å². The SMILES string of the molecule is CC(OC(=O)C(N)C(C)C(C)C)OC(=O)N(C)C(C)C(=O)c1ccc2c(c1)OCO2. The summed E-state index contributed by atoms with van der Waals surface area (Å²) in [6.07, 6.45) is -1.95. The Morgan fingerprint density at radius 1 is 1.03 bits per heavy atom. The van der Waals surface area contributed by atoms with E-state index in [0.717, 1.165) is 4.90 Å². The summed E-state index contributed by atoms with van der Waals surface area (Å²) in [5.74, 6) is 0.189. The molecule has 9 nitrogen and oxygen atoms in total. The van der Waals surface area contributed by atoms with E-state index < -0.39 is 30.4 Å². The summed E-state index contributed by atoms with van der Waals surface area (Å²) in [5, 5.41) is 0. The molecule has 0 fully saturated rings. The van der Waals surface area contributed by atoms with Gasteiger partial charge in [-0.15, -0.1) is 0 Å². The second-order valence-corrected chi connectivity index (χ2v) is 7.74. The minimum absolute atomic E-state index is 0.0950. The standard InChI is InChI=1S/C21H30N2O7/c1-11(2)12(3)18(22)20(25)29-14(5)30-21(26)23(6)13(4)19(24)15-7-8-16-17(9-15)28-10-27-16/h7-9,11-14,18H,10,22H2,1-6H3. The van der Waals surface area contributed by atoms with Gasteiger partial charge in [-0.3, -0.25) is 9.59 Å². The van der Waals surface area contributed by atoms with E-state index in [-0.39, 0.29) is 24.4 Å². The number of nitrogens with two attached hydrogens (primary N) is 1. The van der Waals surface area contributed by atoms with Crippen molar-refractivity contribution in [3.63, 3.8) is 0 Å². The molecule has 9 heteroatoms. The van der Waals surface area contributed by atoms with Crippen molar-refractivity contribution in [3.8, 4) is 11.5 Å². The number of benzene rings is 1. The van der Waals surface area contributed by atoms with E-state index >= 15 is 0 Å². The molecule has 1 amide bonds. The largest absolute Gasteiger partial charge is 0.454 e. The molecular formula is C21H30N2O7. The summed E-state index contributed by atoms with van der Waals surface area (Å²) in [6, 6.07) is 3.18. The molecule has 4 atom stereocenters. The first-order valence-corrected chi connectivity index (χ1v) is 9.86. The van der Waals surface area contributed by atoms with Gasteiger partial charge in [-0.05, 0) is 37.0 Å². The van der Waals surface area contributed by atoms with Gasteiger partial charge in [0.25, 0.3) is 0 Å². The number of amides is 1. The summed E-state index contributed by atoms with van der Waals surface area (Å²) in [4.78, 5) is 38.4. The minimum atomic E-state index is -1.15. The average Bonchev–Trinajstić information content (AvgIpc) is 3.18. The summed E-state index contributed by atoms with van der Waals surface area (Å²) in [5.41, 5.74) is 6.28. The molecule has 0 radical (unpaired) electrons. The highest BCUT2D eigenvalue weighted by atomic mass is 16.7. The van der Waals surface area contributed by atoms with Crippen molar-refractivity contribution in [1.29, 1.82) is 0 Å². The molecule has 0 aliphatic carbocycles. The van der Waals surface area contributed by atoms with Crippen molar-refractivity contribution in [2.75, 3.05) is 13.8 Å². The normalized spacial score (nSPS) is 16.4. The van der Waals surface area contributed by atoms with Gasteiger partial charge in [-0.1, -0.05) is 20.8 Å². The Bertz CT molecular complexity index is 796. The van der Waals surface area contributed by atoms with Crippen LogP contribution in [-0.4, -0.2) is 55.0 Å². The third kappa shape index (κ3) is 5.41. The first-order chi connectivity index (χ1) is 14.0. The van der Waals surface area contributed by atoms with E-state index in [0.29, 0.717) is 17.1 Å². The maximum atomic E-state index is 12.7. The van der Waals surface area contributed by atoms with Gasteiger partial charge in [0.1, 0.15) is 6.04 Å². The van der Waals surface area contributed by atoms with E-state index in [9.17, 15) is 14.4 Å². The molecule has 1 aliphatic heterocycles. The van der Waals surface area contributed by atoms with Gasteiger partial charge >= 0.3 is 12.1 Å². The molecule has 1 aliphatic rings. The Morgan fingerprint density at radius 3 is 2.30 bits per heavy atom. The van der Waals surface area contributed by atoms with E-state index in [1.807, 2.05) is 20.8 Å². The monoisotopic (exact) mass is 422 g/mol. The molecule has 1 aromatic rings. The fraction of sp³-hybridized carbons (Fsp3) is 0.571. The van der Waals surface area contributed by atoms with Crippen LogP contribution in [0.5, 0.6) is 11.5 Å². The lowest BCUT2D eigenvalue weighted by Crippen LogP contribution is -2.44. The number of ketones is 1. The van der Waals surface area contributed by atoms with Crippen LogP contribution >= 0.6 is 0 Å². The Kier molecular flexibility index (Phi) is 7.66. The first-order valence-electron chi connectivity index (χ1n) is 9.86. The Balaban J connectivity index is 1.92. The number of hydrogen-bond donors (Lipinski definition) is 1. The summed E-state index contributed by atoms with van der Waals surface area (Å²) in [7, 11) is 1.43. The smallest absolute Gasteiger partial charge is 0.413 e. The van der Waals surface area contributed by atoms with Crippen LogP contribution in [0.25, 0.3) is 0 Å². The highest BCUT2D eigenvalue weighted by molar-refractivity contribution is 6.01. The number of fused-ring (bicyclic) bond motifs is 1. The predicted octanol–water partition coefficient (Wildman–Crippen LogP) is 2.56. The van der Waals surface area contributed by atoms with E-state index in [1.54, 1.807) is 25.1 Å². The van der Waals surface area contributed by atoms with Crippen molar-refractivity contribution < 1.29 is 33.3 Å². The maximum absolute atomic E-state index is 12.7. The highest BCUT2D eigenvalue weighted by Gasteiger charge is 2.30. The van der Waals surface area contributed by atoms with Gasteiger partial charge < -0.3 is 29.6 Å². The number of likely N-dealkylation sites (N-methyl/N-ethyl adjacent to an activating group) is 1. The number of Topliss-reactive ketones (excluding diaryl/α,β-unsaturated/α-hetero) is 1. The van der Waals surface area contributed by atoms with Crippen molar-refractivity contribution in [3.05, 3.63) is 23.8 Å². The number of rotatable bonds is 8. The molecular weight excluding hydrogens is 392 g/mol. The molecule has 0 bridgehead atoms. The number of carbonyl (C=O) groups excluding carboxylic acids is 3. The van der Waals surface area contributed by atoms with Gasteiger partial charge in [0, 0.05) is 19.5 Å². The minimum Gasteiger partial charge on any atom is -0.454 e. The third-order valence-electron chi connectivity index (χ3n) is 5.34. The van der Waals surface area contributed by atoms with Gasteiger partial charge in [0.15, 0.2) is 17.3 Å². The van der Waals surface area contributed by atoms with Crippen LogP contribution in [0.15, 0.2) is 18.2 Å². The van der Waals surface area contributed by atoms with Crippen LogP contribution in [0, 0.1) is 11.8 Å². The first kappa shape index (κ1) is 23.5. The lowest BCUT2D eigenvalue weighted by atomic mass is 9.91. The molecule has 1 heterocycles. The summed E-state index contributed by atoms with van der Waals surface area (Å²) in [6.45, 7) is 8.85. The lowest BCUT2D eigenvalue weighted by Gasteiger charge is -2.26. The molecule has 0 saturated heterocycles.